The minimum Gasteiger partial charge on any atom is -0.352 e. The fraction of sp³-hybridized carbons (Fsp3) is 0.412. The summed E-state index contributed by atoms with van der Waals surface area (Å²) >= 11 is 0. The molecule has 3 aromatic rings. The van der Waals surface area contributed by atoms with E-state index in [2.05, 4.69) is 5.32 Å². The molecule has 1 N–H and O–H groups in total. The zero-order valence-electron chi connectivity index (χ0n) is 25.0. The summed E-state index contributed by atoms with van der Waals surface area (Å²) in [5, 5.41) is 3.24. The lowest BCUT2D eigenvalue weighted by Crippen LogP contribution is -2.55. The number of benzene rings is 3. The highest BCUT2D eigenvalue weighted by atomic mass is 32.2. The molecule has 0 bridgehead atoms. The average molecular weight is 590 g/mol. The van der Waals surface area contributed by atoms with Crippen LogP contribution >= 0.6 is 0 Å². The minimum absolute atomic E-state index is 0.0736. The second-order valence-electron chi connectivity index (χ2n) is 11.3. The van der Waals surface area contributed by atoms with Crippen molar-refractivity contribution in [1.82, 2.24) is 10.2 Å². The van der Waals surface area contributed by atoms with Gasteiger partial charge in [0, 0.05) is 19.0 Å². The summed E-state index contributed by atoms with van der Waals surface area (Å²) in [4.78, 5) is 29.9. The van der Waals surface area contributed by atoms with E-state index >= 15 is 0 Å². The van der Waals surface area contributed by atoms with Crippen LogP contribution in [0, 0.1) is 6.92 Å². The van der Waals surface area contributed by atoms with Crippen LogP contribution in [0.25, 0.3) is 0 Å². The molecule has 2 amide bonds. The van der Waals surface area contributed by atoms with Crippen LogP contribution in [0.2, 0.25) is 0 Å². The van der Waals surface area contributed by atoms with Crippen molar-refractivity contribution >= 4 is 27.5 Å². The van der Waals surface area contributed by atoms with Gasteiger partial charge in [-0.2, -0.15) is 0 Å². The maximum atomic E-state index is 14.3. The molecule has 1 atom stereocenters. The molecule has 42 heavy (non-hydrogen) atoms. The first-order chi connectivity index (χ1) is 20.2. The predicted octanol–water partition coefficient (Wildman–Crippen LogP) is 5.41. The normalized spacial score (nSPS) is 14.6. The second-order valence-corrected chi connectivity index (χ2v) is 13.2. The summed E-state index contributed by atoms with van der Waals surface area (Å²) in [6.07, 6.45) is 7.40. The van der Waals surface area contributed by atoms with Gasteiger partial charge in [0.15, 0.2) is 0 Å². The molecule has 0 radical (unpaired) electrons. The molecule has 1 unspecified atom stereocenters. The van der Waals surface area contributed by atoms with Crippen LogP contribution in [0.5, 0.6) is 0 Å². The van der Waals surface area contributed by atoms with Crippen LogP contribution in [-0.2, 0) is 39.0 Å². The van der Waals surface area contributed by atoms with Gasteiger partial charge in [0.25, 0.3) is 0 Å². The fourth-order valence-corrected chi connectivity index (χ4v) is 6.43. The highest BCUT2D eigenvalue weighted by Crippen LogP contribution is 2.23. The second kappa shape index (κ2) is 14.5. The van der Waals surface area contributed by atoms with E-state index in [4.69, 9.17) is 0 Å². The highest BCUT2D eigenvalue weighted by molar-refractivity contribution is 7.92. The summed E-state index contributed by atoms with van der Waals surface area (Å²) in [6.45, 7) is 3.79. The van der Waals surface area contributed by atoms with Gasteiger partial charge >= 0.3 is 0 Å². The molecule has 1 saturated carbocycles. The topological polar surface area (TPSA) is 86.8 Å². The Morgan fingerprint density at radius 1 is 0.881 bits per heavy atom. The van der Waals surface area contributed by atoms with Gasteiger partial charge in [-0.1, -0.05) is 92.9 Å². The molecule has 1 aliphatic rings. The summed E-state index contributed by atoms with van der Waals surface area (Å²) in [5.41, 5.74) is 4.33. The van der Waals surface area contributed by atoms with Crippen molar-refractivity contribution in [3.8, 4) is 0 Å². The zero-order valence-corrected chi connectivity index (χ0v) is 25.8. The highest BCUT2D eigenvalue weighted by Gasteiger charge is 2.34. The molecule has 0 saturated heterocycles. The molecule has 8 heteroatoms. The Balaban J connectivity index is 1.72. The third-order valence-corrected chi connectivity index (χ3v) is 9.28. The monoisotopic (exact) mass is 589 g/mol. The third-order valence-electron chi connectivity index (χ3n) is 8.14. The summed E-state index contributed by atoms with van der Waals surface area (Å²) < 4.78 is 27.1. The SMILES string of the molecule is CCc1ccc(N(CC(=O)N(Cc2ccccc2C)C(Cc2ccccc2)C(=O)NC2CCCCC2)S(C)(=O)=O)cc1. The minimum atomic E-state index is -3.79. The molecule has 0 heterocycles. The van der Waals surface area contributed by atoms with Gasteiger partial charge in [-0.05, 0) is 60.6 Å². The van der Waals surface area contributed by atoms with Crippen molar-refractivity contribution < 1.29 is 18.0 Å². The lowest BCUT2D eigenvalue weighted by Gasteiger charge is -2.35. The van der Waals surface area contributed by atoms with Crippen molar-refractivity contribution in [3.05, 3.63) is 101 Å². The number of carbonyl (C=O) groups is 2. The third kappa shape index (κ3) is 8.44. The van der Waals surface area contributed by atoms with E-state index in [0.29, 0.717) is 12.1 Å². The van der Waals surface area contributed by atoms with E-state index < -0.39 is 28.5 Å². The first-order valence-corrected chi connectivity index (χ1v) is 16.8. The first-order valence-electron chi connectivity index (χ1n) is 14.9. The smallest absolute Gasteiger partial charge is 0.244 e. The molecule has 1 aliphatic carbocycles. The van der Waals surface area contributed by atoms with Crippen molar-refractivity contribution in [2.75, 3.05) is 17.1 Å². The summed E-state index contributed by atoms with van der Waals surface area (Å²) in [7, 11) is -3.79. The van der Waals surface area contributed by atoms with Crippen LogP contribution in [0.3, 0.4) is 0 Å². The molecular weight excluding hydrogens is 546 g/mol. The lowest BCUT2D eigenvalue weighted by atomic mass is 9.94. The lowest BCUT2D eigenvalue weighted by molar-refractivity contribution is -0.140. The molecule has 1 fully saturated rings. The zero-order chi connectivity index (χ0) is 30.1. The van der Waals surface area contributed by atoms with Gasteiger partial charge in [-0.15, -0.1) is 0 Å². The van der Waals surface area contributed by atoms with E-state index in [0.717, 1.165) is 71.3 Å². The molecule has 0 aliphatic heterocycles. The van der Waals surface area contributed by atoms with E-state index in [9.17, 15) is 18.0 Å². The number of sulfonamides is 1. The Morgan fingerprint density at radius 2 is 1.52 bits per heavy atom. The molecule has 224 valence electrons. The molecular formula is C34H43N3O4S. The summed E-state index contributed by atoms with van der Waals surface area (Å²) in [6, 6.07) is 23.9. The number of nitrogens with one attached hydrogen (secondary N) is 1. The van der Waals surface area contributed by atoms with Crippen LogP contribution in [-0.4, -0.2) is 50.0 Å². The van der Waals surface area contributed by atoms with Crippen LogP contribution in [0.1, 0.15) is 61.3 Å². The van der Waals surface area contributed by atoms with Gasteiger partial charge in [0.2, 0.25) is 21.8 Å². The molecule has 7 nitrogen and oxygen atoms in total. The van der Waals surface area contributed by atoms with Crippen LogP contribution < -0.4 is 9.62 Å². The van der Waals surface area contributed by atoms with Crippen molar-refractivity contribution in [1.29, 1.82) is 0 Å². The van der Waals surface area contributed by atoms with Crippen LogP contribution in [0.4, 0.5) is 5.69 Å². The van der Waals surface area contributed by atoms with Crippen molar-refractivity contribution in [2.24, 2.45) is 0 Å². The number of rotatable bonds is 12. The fourth-order valence-electron chi connectivity index (χ4n) is 5.58. The number of nitrogens with zero attached hydrogens (tertiary/aromatic N) is 2. The Kier molecular flexibility index (Phi) is 10.8. The number of hydrogen-bond donors (Lipinski definition) is 1. The predicted molar refractivity (Wildman–Crippen MR) is 169 cm³/mol. The first kappa shape index (κ1) is 31.3. The number of aryl methyl sites for hydroxylation is 2. The maximum absolute atomic E-state index is 14.3. The number of carbonyl (C=O) groups excluding carboxylic acids is 2. The van der Waals surface area contributed by atoms with Crippen LogP contribution in [0.15, 0.2) is 78.9 Å². The van der Waals surface area contributed by atoms with Crippen molar-refractivity contribution in [3.63, 3.8) is 0 Å². The van der Waals surface area contributed by atoms with E-state index in [1.165, 1.54) is 0 Å². The molecule has 0 aromatic heterocycles. The number of anilines is 1. The number of amides is 2. The van der Waals surface area contributed by atoms with Gasteiger partial charge in [0.1, 0.15) is 12.6 Å². The van der Waals surface area contributed by atoms with Crippen molar-refractivity contribution in [2.45, 2.75) is 77.4 Å². The van der Waals surface area contributed by atoms with E-state index in [1.54, 1.807) is 17.0 Å². The molecule has 0 spiro atoms. The standard InChI is InChI=1S/C34H43N3O4S/c1-4-27-19-21-31(22-20-27)37(42(3,40)41)25-33(38)36(24-29-16-12-11-13-26(29)2)32(23-28-14-7-5-8-15-28)34(39)35-30-17-9-6-10-18-30/h5,7-8,11-16,19-22,30,32H,4,6,9-10,17-18,23-25H2,1-3H3,(H,35,39). The summed E-state index contributed by atoms with van der Waals surface area (Å²) in [5.74, 6) is -0.631. The van der Waals surface area contributed by atoms with Gasteiger partial charge in [-0.3, -0.25) is 13.9 Å². The van der Waals surface area contributed by atoms with Gasteiger partial charge < -0.3 is 10.2 Å². The van der Waals surface area contributed by atoms with Gasteiger partial charge in [0.05, 0.1) is 11.9 Å². The van der Waals surface area contributed by atoms with E-state index in [1.807, 2.05) is 80.6 Å². The van der Waals surface area contributed by atoms with Gasteiger partial charge in [-0.25, -0.2) is 8.42 Å². The maximum Gasteiger partial charge on any atom is 0.244 e. The Morgan fingerprint density at radius 3 is 2.14 bits per heavy atom. The largest absolute Gasteiger partial charge is 0.352 e. The molecule has 4 rings (SSSR count). The molecule has 3 aromatic carbocycles. The Bertz CT molecular complexity index is 1440. The Hall–Kier alpha value is -3.65. The Labute approximate surface area is 251 Å². The number of hydrogen-bond acceptors (Lipinski definition) is 4. The average Bonchev–Trinajstić information content (AvgIpc) is 2.99. The van der Waals surface area contributed by atoms with E-state index in [-0.39, 0.29) is 18.5 Å². The quantitative estimate of drug-likeness (QED) is 0.306.